The van der Waals surface area contributed by atoms with E-state index in [1.165, 1.54) is 0 Å². The van der Waals surface area contributed by atoms with Crippen LogP contribution >= 0.6 is 0 Å². The molecule has 0 spiro atoms. The fourth-order valence-corrected chi connectivity index (χ4v) is 3.14. The van der Waals surface area contributed by atoms with Gasteiger partial charge < -0.3 is 10.3 Å². The number of imidazole rings is 1. The van der Waals surface area contributed by atoms with Gasteiger partial charge in [0.25, 0.3) is 0 Å². The molecular formula is C19H22N4O2. The van der Waals surface area contributed by atoms with Gasteiger partial charge >= 0.3 is 5.69 Å². The van der Waals surface area contributed by atoms with Crippen LogP contribution in [-0.4, -0.2) is 27.0 Å². The number of para-hydroxylation sites is 2. The highest BCUT2D eigenvalue weighted by Crippen LogP contribution is 2.23. The van der Waals surface area contributed by atoms with Gasteiger partial charge in [0, 0.05) is 25.5 Å². The molecular weight excluding hydrogens is 316 g/mol. The number of benzene rings is 1. The Bertz CT molecular complexity index is 912. The lowest BCUT2D eigenvalue weighted by molar-refractivity contribution is -0.123. The van der Waals surface area contributed by atoms with Crippen molar-refractivity contribution in [2.75, 3.05) is 6.54 Å². The Morgan fingerprint density at radius 3 is 2.64 bits per heavy atom. The van der Waals surface area contributed by atoms with Gasteiger partial charge in [-0.15, -0.1) is 0 Å². The van der Waals surface area contributed by atoms with Crippen LogP contribution in [0, 0.1) is 5.92 Å². The van der Waals surface area contributed by atoms with Crippen LogP contribution in [0.3, 0.4) is 0 Å². The number of nitrogens with one attached hydrogen (secondary N) is 2. The largest absolute Gasteiger partial charge is 0.354 e. The second kappa shape index (κ2) is 7.34. The molecule has 3 aromatic rings. The number of pyridine rings is 1. The monoisotopic (exact) mass is 338 g/mol. The Morgan fingerprint density at radius 2 is 1.92 bits per heavy atom. The van der Waals surface area contributed by atoms with E-state index in [0.29, 0.717) is 13.1 Å². The number of aromatic nitrogens is 3. The van der Waals surface area contributed by atoms with Crippen LogP contribution in [0.1, 0.15) is 25.3 Å². The maximum absolute atomic E-state index is 12.6. The van der Waals surface area contributed by atoms with E-state index in [-0.39, 0.29) is 23.4 Å². The molecule has 1 amide bonds. The minimum atomic E-state index is -0.234. The van der Waals surface area contributed by atoms with Crippen molar-refractivity contribution < 1.29 is 4.79 Å². The molecule has 6 heteroatoms. The van der Waals surface area contributed by atoms with Gasteiger partial charge in [-0.05, 0) is 35.7 Å². The maximum atomic E-state index is 12.6. The van der Waals surface area contributed by atoms with Crippen LogP contribution in [-0.2, 0) is 11.3 Å². The summed E-state index contributed by atoms with van der Waals surface area (Å²) in [6.45, 7) is 4.87. The van der Waals surface area contributed by atoms with Gasteiger partial charge in [0.05, 0.1) is 17.0 Å². The summed E-state index contributed by atoms with van der Waals surface area (Å²) in [5.41, 5.74) is 2.43. The van der Waals surface area contributed by atoms with Crippen LogP contribution < -0.4 is 11.0 Å². The Kier molecular flexibility index (Phi) is 4.97. The Labute approximate surface area is 145 Å². The quantitative estimate of drug-likeness (QED) is 0.724. The van der Waals surface area contributed by atoms with Gasteiger partial charge in [-0.2, -0.15) is 0 Å². The molecule has 25 heavy (non-hydrogen) atoms. The molecule has 0 saturated carbocycles. The molecule has 130 valence electrons. The number of amides is 1. The summed E-state index contributed by atoms with van der Waals surface area (Å²) < 4.78 is 1.65. The number of carbonyl (C=O) groups excluding carboxylic acids is 1. The average molecular weight is 338 g/mol. The van der Waals surface area contributed by atoms with Crippen LogP contribution in [0.15, 0.2) is 53.6 Å². The molecule has 6 nitrogen and oxygen atoms in total. The van der Waals surface area contributed by atoms with Crippen molar-refractivity contribution in [2.45, 2.75) is 26.3 Å². The van der Waals surface area contributed by atoms with Gasteiger partial charge in [-0.25, -0.2) is 4.79 Å². The summed E-state index contributed by atoms with van der Waals surface area (Å²) in [4.78, 5) is 31.5. The molecule has 0 bridgehead atoms. The first-order valence-corrected chi connectivity index (χ1v) is 8.43. The van der Waals surface area contributed by atoms with E-state index in [0.717, 1.165) is 16.6 Å². The highest BCUT2D eigenvalue weighted by Gasteiger charge is 2.23. The summed E-state index contributed by atoms with van der Waals surface area (Å²) in [6.07, 6.45) is 3.40. The van der Waals surface area contributed by atoms with Gasteiger partial charge in [-0.1, -0.05) is 26.0 Å². The summed E-state index contributed by atoms with van der Waals surface area (Å²) in [7, 11) is 0. The molecule has 0 aliphatic carbocycles. The Hall–Kier alpha value is -2.89. The smallest absolute Gasteiger partial charge is 0.326 e. The fourth-order valence-electron chi connectivity index (χ4n) is 3.14. The zero-order valence-electron chi connectivity index (χ0n) is 14.4. The van der Waals surface area contributed by atoms with Crippen LogP contribution in [0.4, 0.5) is 0 Å². The number of nitrogens with zero attached hydrogens (tertiary/aromatic N) is 2. The van der Waals surface area contributed by atoms with Crippen molar-refractivity contribution in [1.82, 2.24) is 19.9 Å². The summed E-state index contributed by atoms with van der Waals surface area (Å²) in [5.74, 6) is -0.102. The third-order valence-corrected chi connectivity index (χ3v) is 4.33. The highest BCUT2D eigenvalue weighted by molar-refractivity contribution is 5.83. The van der Waals surface area contributed by atoms with Crippen molar-refractivity contribution in [3.63, 3.8) is 0 Å². The second-order valence-electron chi connectivity index (χ2n) is 6.39. The van der Waals surface area contributed by atoms with Crippen LogP contribution in [0.25, 0.3) is 11.0 Å². The van der Waals surface area contributed by atoms with Crippen LogP contribution in [0.2, 0.25) is 0 Å². The number of H-pyrrole nitrogens is 1. The number of hydrogen-bond donors (Lipinski definition) is 2. The van der Waals surface area contributed by atoms with Gasteiger partial charge in [0.2, 0.25) is 5.91 Å². The molecule has 0 fully saturated rings. The lowest BCUT2D eigenvalue weighted by Gasteiger charge is -2.20. The van der Waals surface area contributed by atoms with Crippen molar-refractivity contribution in [1.29, 1.82) is 0 Å². The summed E-state index contributed by atoms with van der Waals surface area (Å²) in [6, 6.07) is 11.3. The lowest BCUT2D eigenvalue weighted by Crippen LogP contribution is -2.35. The number of carbonyl (C=O) groups is 1. The van der Waals surface area contributed by atoms with Gasteiger partial charge in [-0.3, -0.25) is 14.3 Å². The van der Waals surface area contributed by atoms with Gasteiger partial charge in [0.1, 0.15) is 0 Å². The van der Waals surface area contributed by atoms with Crippen molar-refractivity contribution in [3.05, 3.63) is 64.8 Å². The number of aromatic amines is 1. The third-order valence-electron chi connectivity index (χ3n) is 4.33. The van der Waals surface area contributed by atoms with E-state index in [1.54, 1.807) is 17.0 Å². The number of hydrogen-bond acceptors (Lipinski definition) is 3. The fraction of sp³-hybridized carbons (Fsp3) is 0.316. The molecule has 1 aromatic carbocycles. The standard InChI is InChI=1S/C19H22N4O2/c1-13(2)17(14-7-9-20-10-8-14)18(24)21-11-12-23-16-6-4-3-5-15(16)22-19(23)25/h3-10,13,17H,11-12H2,1-2H3,(H,21,24)(H,22,25). The predicted molar refractivity (Wildman–Crippen MR) is 97.4 cm³/mol. The molecule has 0 aliphatic heterocycles. The number of fused-ring (bicyclic) bond motifs is 1. The average Bonchev–Trinajstić information content (AvgIpc) is 2.91. The van der Waals surface area contributed by atoms with E-state index in [1.807, 2.05) is 50.2 Å². The molecule has 2 aromatic heterocycles. The van der Waals surface area contributed by atoms with Gasteiger partial charge in [0.15, 0.2) is 0 Å². The van der Waals surface area contributed by atoms with Crippen molar-refractivity contribution in [2.24, 2.45) is 5.92 Å². The molecule has 3 rings (SSSR count). The first kappa shape index (κ1) is 17.0. The SMILES string of the molecule is CC(C)C(C(=O)NCCn1c(=O)[nH]c2ccccc21)c1ccncc1. The lowest BCUT2D eigenvalue weighted by atomic mass is 9.88. The molecule has 1 unspecified atom stereocenters. The molecule has 2 heterocycles. The van der Waals surface area contributed by atoms with Crippen molar-refractivity contribution >= 4 is 16.9 Å². The minimum absolute atomic E-state index is 0.0332. The van der Waals surface area contributed by atoms with E-state index in [4.69, 9.17) is 0 Å². The van der Waals surface area contributed by atoms with E-state index in [2.05, 4.69) is 15.3 Å². The maximum Gasteiger partial charge on any atom is 0.326 e. The summed E-state index contributed by atoms with van der Waals surface area (Å²) in [5, 5.41) is 2.96. The number of rotatable bonds is 6. The van der Waals surface area contributed by atoms with Crippen LogP contribution in [0.5, 0.6) is 0 Å². The Balaban J connectivity index is 1.69. The molecule has 1 atom stereocenters. The molecule has 0 aliphatic rings. The van der Waals surface area contributed by atoms with E-state index >= 15 is 0 Å². The predicted octanol–water partition coefficient (Wildman–Crippen LogP) is 2.28. The zero-order chi connectivity index (χ0) is 17.8. The van der Waals surface area contributed by atoms with Crippen molar-refractivity contribution in [3.8, 4) is 0 Å². The second-order valence-corrected chi connectivity index (χ2v) is 6.39. The molecule has 0 saturated heterocycles. The van der Waals surface area contributed by atoms with E-state index in [9.17, 15) is 9.59 Å². The first-order valence-electron chi connectivity index (χ1n) is 8.43. The zero-order valence-corrected chi connectivity index (χ0v) is 14.4. The highest BCUT2D eigenvalue weighted by atomic mass is 16.2. The summed E-state index contributed by atoms with van der Waals surface area (Å²) >= 11 is 0. The topological polar surface area (TPSA) is 79.8 Å². The minimum Gasteiger partial charge on any atom is -0.354 e. The molecule has 2 N–H and O–H groups in total. The first-order chi connectivity index (χ1) is 12.1. The Morgan fingerprint density at radius 1 is 1.20 bits per heavy atom. The molecule has 0 radical (unpaired) electrons. The third kappa shape index (κ3) is 3.63. The normalized spacial score (nSPS) is 12.4. The van der Waals surface area contributed by atoms with E-state index < -0.39 is 0 Å².